The fraction of sp³-hybridized carbons (Fsp3) is 0.100. The molecule has 1 aromatic heterocycles. The van der Waals surface area contributed by atoms with Gasteiger partial charge in [-0.25, -0.2) is 4.98 Å². The fourth-order valence-corrected chi connectivity index (χ4v) is 1.33. The Balaban J connectivity index is 2.39. The van der Waals surface area contributed by atoms with Gasteiger partial charge in [0.1, 0.15) is 0 Å². The highest BCUT2D eigenvalue weighted by atomic mass is 16.6. The third-order valence-electron chi connectivity index (χ3n) is 2.03. The maximum Gasteiger partial charge on any atom is 0.271 e. The van der Waals surface area contributed by atoms with Gasteiger partial charge in [0.05, 0.1) is 22.5 Å². The van der Waals surface area contributed by atoms with Gasteiger partial charge in [-0.1, -0.05) is 5.92 Å². The maximum atomic E-state index is 10.6. The first-order valence-electron chi connectivity index (χ1n) is 4.52. The Kier molecular flexibility index (Phi) is 2.44. The fourth-order valence-electron chi connectivity index (χ4n) is 1.33. The molecule has 0 saturated heterocycles. The molecule has 0 aliphatic carbocycles. The first-order valence-corrected chi connectivity index (χ1v) is 4.52. The number of anilines is 1. The number of benzene rings is 1. The topological polar surface area (TPSA) is 83.8 Å². The Labute approximate surface area is 90.8 Å². The summed E-state index contributed by atoms with van der Waals surface area (Å²) in [6, 6.07) is 4.43. The van der Waals surface area contributed by atoms with Gasteiger partial charge in [0.25, 0.3) is 5.69 Å². The second kappa shape index (κ2) is 3.90. The van der Waals surface area contributed by atoms with Crippen molar-refractivity contribution in [1.82, 2.24) is 9.97 Å². The molecule has 1 aromatic carbocycles. The van der Waals surface area contributed by atoms with Gasteiger partial charge in [0, 0.05) is 12.1 Å². The molecular formula is C10H8N4O2. The summed E-state index contributed by atoms with van der Waals surface area (Å²) >= 11 is 0. The SMILES string of the molecule is C#CCNc1nc2ccc([N+](=O)[O-])cc2[nH]1. The molecule has 2 N–H and O–H groups in total. The largest absolute Gasteiger partial charge is 0.345 e. The number of fused-ring (bicyclic) bond motifs is 1. The third-order valence-corrected chi connectivity index (χ3v) is 2.03. The number of nitro benzene ring substituents is 1. The van der Waals surface area contributed by atoms with E-state index in [-0.39, 0.29) is 5.69 Å². The number of nitro groups is 1. The van der Waals surface area contributed by atoms with Crippen LogP contribution in [0.3, 0.4) is 0 Å². The van der Waals surface area contributed by atoms with Gasteiger partial charge in [-0.2, -0.15) is 0 Å². The third kappa shape index (κ3) is 1.79. The van der Waals surface area contributed by atoms with Crippen LogP contribution in [0, 0.1) is 22.5 Å². The molecule has 0 fully saturated rings. The molecule has 0 saturated carbocycles. The summed E-state index contributed by atoms with van der Waals surface area (Å²) in [5.74, 6) is 2.92. The predicted octanol–water partition coefficient (Wildman–Crippen LogP) is 1.52. The van der Waals surface area contributed by atoms with Crippen molar-refractivity contribution in [2.45, 2.75) is 0 Å². The zero-order chi connectivity index (χ0) is 11.5. The van der Waals surface area contributed by atoms with Gasteiger partial charge in [-0.05, 0) is 6.07 Å². The van der Waals surface area contributed by atoms with Crippen LogP contribution < -0.4 is 5.32 Å². The Hall–Kier alpha value is -2.55. The number of imidazole rings is 1. The summed E-state index contributed by atoms with van der Waals surface area (Å²) in [4.78, 5) is 17.2. The Morgan fingerprint density at radius 2 is 2.44 bits per heavy atom. The highest BCUT2D eigenvalue weighted by Gasteiger charge is 2.08. The van der Waals surface area contributed by atoms with Gasteiger partial charge in [0.2, 0.25) is 5.95 Å². The van der Waals surface area contributed by atoms with Gasteiger partial charge in [0.15, 0.2) is 0 Å². The van der Waals surface area contributed by atoms with Crippen molar-refractivity contribution < 1.29 is 4.92 Å². The molecule has 0 aliphatic heterocycles. The number of aromatic amines is 1. The quantitative estimate of drug-likeness (QED) is 0.462. The van der Waals surface area contributed by atoms with Gasteiger partial charge in [-0.3, -0.25) is 10.1 Å². The first kappa shape index (κ1) is 9.98. The van der Waals surface area contributed by atoms with Crippen LogP contribution in [0.15, 0.2) is 18.2 Å². The van der Waals surface area contributed by atoms with Crippen LogP contribution in [0.4, 0.5) is 11.6 Å². The molecule has 0 bridgehead atoms. The van der Waals surface area contributed by atoms with Crippen molar-refractivity contribution in [3.63, 3.8) is 0 Å². The normalized spacial score (nSPS) is 9.94. The molecule has 0 amide bonds. The number of terminal acetylenes is 1. The minimum Gasteiger partial charge on any atom is -0.345 e. The van der Waals surface area contributed by atoms with E-state index in [0.29, 0.717) is 23.5 Å². The van der Waals surface area contributed by atoms with E-state index in [0.717, 1.165) is 0 Å². The number of aromatic nitrogens is 2. The van der Waals surface area contributed by atoms with E-state index >= 15 is 0 Å². The molecule has 6 heteroatoms. The lowest BCUT2D eigenvalue weighted by Gasteiger charge is -1.92. The van der Waals surface area contributed by atoms with E-state index in [1.807, 2.05) is 0 Å². The summed E-state index contributed by atoms with van der Waals surface area (Å²) in [5.41, 5.74) is 1.29. The van der Waals surface area contributed by atoms with Crippen molar-refractivity contribution in [2.24, 2.45) is 0 Å². The molecule has 2 rings (SSSR count). The molecule has 16 heavy (non-hydrogen) atoms. The van der Waals surface area contributed by atoms with Crippen molar-refractivity contribution in [1.29, 1.82) is 0 Å². The summed E-state index contributed by atoms with van der Waals surface area (Å²) in [7, 11) is 0. The number of H-pyrrole nitrogens is 1. The molecule has 0 radical (unpaired) electrons. The zero-order valence-electron chi connectivity index (χ0n) is 8.23. The summed E-state index contributed by atoms with van der Waals surface area (Å²) in [6.45, 7) is 0.349. The molecule has 0 atom stereocenters. The van der Waals surface area contributed by atoms with Gasteiger partial charge in [-0.15, -0.1) is 6.42 Å². The first-order chi connectivity index (χ1) is 7.70. The Bertz CT molecular complexity index is 582. The van der Waals surface area contributed by atoms with Crippen molar-refractivity contribution in [2.75, 3.05) is 11.9 Å². The Morgan fingerprint density at radius 1 is 1.62 bits per heavy atom. The zero-order valence-corrected chi connectivity index (χ0v) is 8.23. The molecule has 0 spiro atoms. The van der Waals surface area contributed by atoms with Crippen molar-refractivity contribution >= 4 is 22.7 Å². The maximum absolute atomic E-state index is 10.6. The molecular weight excluding hydrogens is 208 g/mol. The number of nitrogens with zero attached hydrogens (tertiary/aromatic N) is 2. The van der Waals surface area contributed by atoms with E-state index in [4.69, 9.17) is 6.42 Å². The molecule has 1 heterocycles. The van der Waals surface area contributed by atoms with E-state index in [1.165, 1.54) is 12.1 Å². The number of rotatable bonds is 3. The predicted molar refractivity (Wildman–Crippen MR) is 60.1 cm³/mol. The standard InChI is InChI=1S/C10H8N4O2/c1-2-5-11-10-12-8-4-3-7(14(15)16)6-9(8)13-10/h1,3-4,6H,5H2,(H2,11,12,13). The second-order valence-electron chi connectivity index (χ2n) is 3.10. The van der Waals surface area contributed by atoms with Crippen LogP contribution in [0.1, 0.15) is 0 Å². The van der Waals surface area contributed by atoms with Crippen LogP contribution in [-0.4, -0.2) is 21.4 Å². The van der Waals surface area contributed by atoms with Gasteiger partial charge >= 0.3 is 0 Å². The van der Waals surface area contributed by atoms with E-state index in [9.17, 15) is 10.1 Å². The van der Waals surface area contributed by atoms with Crippen LogP contribution in [0.25, 0.3) is 11.0 Å². The lowest BCUT2D eigenvalue weighted by molar-refractivity contribution is -0.384. The lowest BCUT2D eigenvalue weighted by atomic mass is 10.3. The van der Waals surface area contributed by atoms with Crippen LogP contribution in [0.5, 0.6) is 0 Å². The number of hydrogen-bond acceptors (Lipinski definition) is 4. The highest BCUT2D eigenvalue weighted by molar-refractivity contribution is 5.79. The molecule has 80 valence electrons. The number of nitrogens with one attached hydrogen (secondary N) is 2. The summed E-state index contributed by atoms with van der Waals surface area (Å²) in [6.07, 6.45) is 5.09. The molecule has 0 unspecified atom stereocenters. The number of hydrogen-bond donors (Lipinski definition) is 2. The smallest absolute Gasteiger partial charge is 0.271 e. The lowest BCUT2D eigenvalue weighted by Crippen LogP contribution is -1.99. The molecule has 0 aliphatic rings. The van der Waals surface area contributed by atoms with Crippen LogP contribution >= 0.6 is 0 Å². The van der Waals surface area contributed by atoms with E-state index in [1.54, 1.807) is 6.07 Å². The summed E-state index contributed by atoms with van der Waals surface area (Å²) in [5, 5.41) is 13.4. The Morgan fingerprint density at radius 3 is 3.12 bits per heavy atom. The summed E-state index contributed by atoms with van der Waals surface area (Å²) < 4.78 is 0. The van der Waals surface area contributed by atoms with Crippen molar-refractivity contribution in [3.8, 4) is 12.3 Å². The minimum absolute atomic E-state index is 0.0275. The average Bonchev–Trinajstić information content (AvgIpc) is 2.67. The van der Waals surface area contributed by atoms with E-state index in [2.05, 4.69) is 21.2 Å². The highest BCUT2D eigenvalue weighted by Crippen LogP contribution is 2.20. The monoisotopic (exact) mass is 216 g/mol. The van der Waals surface area contributed by atoms with Crippen LogP contribution in [0.2, 0.25) is 0 Å². The molecule has 2 aromatic rings. The van der Waals surface area contributed by atoms with E-state index < -0.39 is 4.92 Å². The minimum atomic E-state index is -0.450. The van der Waals surface area contributed by atoms with Crippen LogP contribution in [-0.2, 0) is 0 Å². The van der Waals surface area contributed by atoms with Crippen molar-refractivity contribution in [3.05, 3.63) is 28.3 Å². The second-order valence-corrected chi connectivity index (χ2v) is 3.10. The van der Waals surface area contributed by atoms with Gasteiger partial charge < -0.3 is 10.3 Å². The number of non-ortho nitro benzene ring substituents is 1. The average molecular weight is 216 g/mol. The molecule has 6 nitrogen and oxygen atoms in total.